The Labute approximate surface area is 213 Å². The lowest BCUT2D eigenvalue weighted by molar-refractivity contribution is -0.385. The van der Waals surface area contributed by atoms with Crippen molar-refractivity contribution in [3.8, 4) is 5.75 Å². The number of non-ortho nitro benzene ring substituents is 2. The molecule has 0 heterocycles. The number of nitro benzene ring substituents is 2. The number of aryl methyl sites for hydroxylation is 1. The van der Waals surface area contributed by atoms with Gasteiger partial charge in [0.05, 0.1) is 22.1 Å². The molecule has 0 amide bonds. The van der Waals surface area contributed by atoms with Gasteiger partial charge in [0.25, 0.3) is 11.4 Å². The fourth-order valence-corrected chi connectivity index (χ4v) is 3.82. The van der Waals surface area contributed by atoms with Gasteiger partial charge in [0.1, 0.15) is 18.5 Å². The summed E-state index contributed by atoms with van der Waals surface area (Å²) < 4.78 is 5.72. The van der Waals surface area contributed by atoms with Crippen LogP contribution in [0.1, 0.15) is 28.9 Å². The van der Waals surface area contributed by atoms with Crippen molar-refractivity contribution in [2.75, 3.05) is 26.2 Å². The van der Waals surface area contributed by atoms with Gasteiger partial charge in [0.2, 0.25) is 0 Å². The molecular formula is C26H29N3O8. The van der Waals surface area contributed by atoms with Crippen LogP contribution in [0.5, 0.6) is 5.75 Å². The zero-order valence-electron chi connectivity index (χ0n) is 20.2. The van der Waals surface area contributed by atoms with Gasteiger partial charge in [-0.1, -0.05) is 18.2 Å². The maximum Gasteiger partial charge on any atom is 0.269 e. The molecule has 0 fully saturated rings. The molecule has 0 aliphatic rings. The summed E-state index contributed by atoms with van der Waals surface area (Å²) in [7, 11) is 0. The normalized spacial score (nSPS) is 13.6. The van der Waals surface area contributed by atoms with Gasteiger partial charge in [0.15, 0.2) is 0 Å². The van der Waals surface area contributed by atoms with Gasteiger partial charge in [-0.05, 0) is 53.9 Å². The molecule has 37 heavy (non-hydrogen) atoms. The Balaban J connectivity index is 1.71. The molecule has 0 aliphatic heterocycles. The number of ether oxygens (including phenoxy) is 1. The van der Waals surface area contributed by atoms with Crippen LogP contribution >= 0.6 is 0 Å². The van der Waals surface area contributed by atoms with Crippen LogP contribution in [0.25, 0.3) is 0 Å². The van der Waals surface area contributed by atoms with Gasteiger partial charge >= 0.3 is 0 Å². The van der Waals surface area contributed by atoms with Gasteiger partial charge in [-0.15, -0.1) is 0 Å². The summed E-state index contributed by atoms with van der Waals surface area (Å²) in [6.07, 6.45) is -3.09. The van der Waals surface area contributed by atoms with Crippen molar-refractivity contribution in [3.63, 3.8) is 0 Å². The number of benzene rings is 3. The monoisotopic (exact) mass is 511 g/mol. The summed E-state index contributed by atoms with van der Waals surface area (Å²) in [5, 5.41) is 54.0. The average Bonchev–Trinajstić information content (AvgIpc) is 2.88. The highest BCUT2D eigenvalue weighted by Gasteiger charge is 2.22. The van der Waals surface area contributed by atoms with E-state index >= 15 is 0 Å². The number of para-hydroxylation sites is 1. The highest BCUT2D eigenvalue weighted by atomic mass is 16.6. The Hall–Kier alpha value is -3.90. The molecule has 196 valence electrons. The lowest BCUT2D eigenvalue weighted by Crippen LogP contribution is -2.40. The minimum atomic E-state index is -1.06. The number of rotatable bonds is 13. The third-order valence-corrected chi connectivity index (χ3v) is 5.83. The van der Waals surface area contributed by atoms with E-state index in [9.17, 15) is 35.5 Å². The van der Waals surface area contributed by atoms with E-state index in [1.807, 2.05) is 25.1 Å². The highest BCUT2D eigenvalue weighted by molar-refractivity contribution is 5.35. The summed E-state index contributed by atoms with van der Waals surface area (Å²) in [6, 6.07) is 18.3. The standard InChI is InChI=1S/C26H29N3O8/c1-18-4-2-3-5-26(18)37-17-23(30)14-27(15-24(31)19-6-10-21(11-7-19)28(33)34)16-25(32)20-8-12-22(13-9-20)29(35)36/h2-13,23-25,30-32H,14-17H2,1H3. The van der Waals surface area contributed by atoms with E-state index in [1.54, 1.807) is 11.0 Å². The summed E-state index contributed by atoms with van der Waals surface area (Å²) >= 11 is 0. The predicted molar refractivity (Wildman–Crippen MR) is 135 cm³/mol. The Morgan fingerprint density at radius 2 is 1.22 bits per heavy atom. The third-order valence-electron chi connectivity index (χ3n) is 5.83. The third kappa shape index (κ3) is 8.05. The van der Waals surface area contributed by atoms with E-state index in [1.165, 1.54) is 48.5 Å². The zero-order chi connectivity index (χ0) is 26.9. The topological polar surface area (TPSA) is 159 Å². The molecule has 3 rings (SSSR count). The van der Waals surface area contributed by atoms with Crippen molar-refractivity contribution >= 4 is 11.4 Å². The van der Waals surface area contributed by atoms with Crippen LogP contribution in [0, 0.1) is 27.2 Å². The maximum atomic E-state index is 10.9. The van der Waals surface area contributed by atoms with Gasteiger partial charge < -0.3 is 20.1 Å². The van der Waals surface area contributed by atoms with Gasteiger partial charge in [-0.3, -0.25) is 25.1 Å². The SMILES string of the molecule is Cc1ccccc1OCC(O)CN(CC(O)c1ccc([N+](=O)[O-])cc1)CC(O)c1ccc([N+](=O)[O-])cc1. The fourth-order valence-electron chi connectivity index (χ4n) is 3.82. The average molecular weight is 512 g/mol. The van der Waals surface area contributed by atoms with Crippen molar-refractivity contribution in [2.45, 2.75) is 25.2 Å². The second-order valence-electron chi connectivity index (χ2n) is 8.68. The zero-order valence-corrected chi connectivity index (χ0v) is 20.2. The Morgan fingerprint density at radius 3 is 1.65 bits per heavy atom. The smallest absolute Gasteiger partial charge is 0.269 e. The van der Waals surface area contributed by atoms with E-state index in [-0.39, 0.29) is 37.6 Å². The Bertz CT molecular complexity index is 1120. The van der Waals surface area contributed by atoms with Crippen molar-refractivity contribution in [2.24, 2.45) is 0 Å². The Morgan fingerprint density at radius 1 is 0.757 bits per heavy atom. The molecule has 0 aliphatic carbocycles. The second kappa shape index (κ2) is 12.9. The first-order valence-corrected chi connectivity index (χ1v) is 11.6. The summed E-state index contributed by atoms with van der Waals surface area (Å²) in [5.74, 6) is 0.630. The number of nitro groups is 2. The minimum absolute atomic E-state index is 0.00325. The van der Waals surface area contributed by atoms with E-state index < -0.39 is 28.2 Å². The number of aliphatic hydroxyl groups is 3. The molecule has 0 aromatic heterocycles. The molecule has 11 heteroatoms. The van der Waals surface area contributed by atoms with Crippen molar-refractivity contribution in [1.29, 1.82) is 0 Å². The summed E-state index contributed by atoms with van der Waals surface area (Å²) in [4.78, 5) is 22.4. The first-order chi connectivity index (χ1) is 17.6. The number of nitrogens with zero attached hydrogens (tertiary/aromatic N) is 3. The fraction of sp³-hybridized carbons (Fsp3) is 0.308. The van der Waals surface area contributed by atoms with Crippen LogP contribution in [-0.4, -0.2) is 62.4 Å². The lowest BCUT2D eigenvalue weighted by atomic mass is 10.1. The molecule has 0 radical (unpaired) electrons. The summed E-state index contributed by atoms with van der Waals surface area (Å²) in [5.41, 5.74) is 1.57. The molecule has 3 N–H and O–H groups in total. The van der Waals surface area contributed by atoms with Crippen molar-refractivity contribution in [1.82, 2.24) is 4.90 Å². The van der Waals surface area contributed by atoms with Crippen molar-refractivity contribution < 1.29 is 29.9 Å². The molecule has 3 atom stereocenters. The molecule has 0 spiro atoms. The predicted octanol–water partition coefficient (Wildman–Crippen LogP) is 3.32. The lowest BCUT2D eigenvalue weighted by Gasteiger charge is -2.29. The first kappa shape index (κ1) is 27.7. The van der Waals surface area contributed by atoms with Gasteiger partial charge in [-0.25, -0.2) is 0 Å². The second-order valence-corrected chi connectivity index (χ2v) is 8.68. The maximum absolute atomic E-state index is 10.9. The first-order valence-electron chi connectivity index (χ1n) is 11.6. The van der Waals surface area contributed by atoms with Crippen LogP contribution in [-0.2, 0) is 0 Å². The number of aliphatic hydroxyl groups excluding tert-OH is 3. The van der Waals surface area contributed by atoms with E-state index in [0.29, 0.717) is 16.9 Å². The molecular weight excluding hydrogens is 482 g/mol. The quantitative estimate of drug-likeness (QED) is 0.231. The molecule has 3 unspecified atom stereocenters. The molecule has 3 aromatic rings. The number of hydrogen-bond acceptors (Lipinski definition) is 9. The molecule has 3 aromatic carbocycles. The number of hydrogen-bond donors (Lipinski definition) is 3. The van der Waals surface area contributed by atoms with Gasteiger partial charge in [-0.2, -0.15) is 0 Å². The Kier molecular flexibility index (Phi) is 9.64. The molecule has 0 saturated carbocycles. The molecule has 0 bridgehead atoms. The highest BCUT2D eigenvalue weighted by Crippen LogP contribution is 2.23. The summed E-state index contributed by atoms with van der Waals surface area (Å²) in [6.45, 7) is 1.91. The van der Waals surface area contributed by atoms with E-state index in [2.05, 4.69) is 0 Å². The molecule has 11 nitrogen and oxygen atoms in total. The largest absolute Gasteiger partial charge is 0.491 e. The van der Waals surface area contributed by atoms with E-state index in [0.717, 1.165) is 5.56 Å². The van der Waals surface area contributed by atoms with Crippen LogP contribution in [0.15, 0.2) is 72.8 Å². The minimum Gasteiger partial charge on any atom is -0.491 e. The van der Waals surface area contributed by atoms with Crippen LogP contribution in [0.3, 0.4) is 0 Å². The van der Waals surface area contributed by atoms with Crippen LogP contribution in [0.4, 0.5) is 11.4 Å². The van der Waals surface area contributed by atoms with Gasteiger partial charge in [0, 0.05) is 43.9 Å². The van der Waals surface area contributed by atoms with E-state index in [4.69, 9.17) is 4.74 Å². The molecule has 0 saturated heterocycles. The van der Waals surface area contributed by atoms with Crippen LogP contribution in [0.2, 0.25) is 0 Å². The van der Waals surface area contributed by atoms with Crippen molar-refractivity contribution in [3.05, 3.63) is 110 Å². The van der Waals surface area contributed by atoms with Crippen LogP contribution < -0.4 is 4.74 Å².